The van der Waals surface area contributed by atoms with Gasteiger partial charge in [-0.3, -0.25) is 9.35 Å². The Morgan fingerprint density at radius 1 is 1.00 bits per heavy atom. The molecule has 0 amide bonds. The standard InChI is InChI=1S/C14H20O9S.K.H/c1-9(2)12(15)22-7-11(8-23-13(16)10(3)4)14(17)21-5-6-24(18,19)20;;/h11H,1,3,5-8H2,2,4H3,(H,18,19,20);;/q;+1;-1. The van der Waals surface area contributed by atoms with E-state index >= 15 is 0 Å². The zero-order valence-corrected chi connectivity index (χ0v) is 18.4. The minimum Gasteiger partial charge on any atom is -1.00 e. The number of ether oxygens (including phenoxy) is 3. The summed E-state index contributed by atoms with van der Waals surface area (Å²) in [6, 6.07) is 0. The van der Waals surface area contributed by atoms with E-state index in [1.807, 2.05) is 0 Å². The zero-order valence-electron chi connectivity index (χ0n) is 15.4. The van der Waals surface area contributed by atoms with Gasteiger partial charge in [0.25, 0.3) is 10.1 Å². The van der Waals surface area contributed by atoms with E-state index in [0.717, 1.165) is 0 Å². The van der Waals surface area contributed by atoms with Crippen LogP contribution in [0.1, 0.15) is 15.3 Å². The van der Waals surface area contributed by atoms with Crippen LogP contribution < -0.4 is 51.4 Å². The summed E-state index contributed by atoms with van der Waals surface area (Å²) < 4.78 is 44.0. The third-order valence-electron chi connectivity index (χ3n) is 2.45. The summed E-state index contributed by atoms with van der Waals surface area (Å²) in [4.78, 5) is 34.6. The smallest absolute Gasteiger partial charge is 1.00 e. The van der Waals surface area contributed by atoms with Crippen LogP contribution in [0.15, 0.2) is 24.3 Å². The maximum Gasteiger partial charge on any atom is 1.00 e. The van der Waals surface area contributed by atoms with Crippen LogP contribution in [0.5, 0.6) is 0 Å². The second kappa shape index (κ2) is 12.7. The van der Waals surface area contributed by atoms with E-state index in [4.69, 9.17) is 14.0 Å². The molecule has 0 unspecified atom stereocenters. The fourth-order valence-electron chi connectivity index (χ4n) is 1.15. The Kier molecular flexibility index (Phi) is 13.6. The van der Waals surface area contributed by atoms with E-state index in [-0.39, 0.29) is 64.0 Å². The molecule has 0 radical (unpaired) electrons. The van der Waals surface area contributed by atoms with Crippen molar-refractivity contribution >= 4 is 28.0 Å². The summed E-state index contributed by atoms with van der Waals surface area (Å²) in [7, 11) is -4.29. The van der Waals surface area contributed by atoms with Crippen molar-refractivity contribution in [2.45, 2.75) is 13.8 Å². The van der Waals surface area contributed by atoms with E-state index in [2.05, 4.69) is 17.9 Å². The molecule has 0 bridgehead atoms. The van der Waals surface area contributed by atoms with Crippen LogP contribution >= 0.6 is 0 Å². The van der Waals surface area contributed by atoms with Gasteiger partial charge in [0.05, 0.1) is 0 Å². The molecule has 138 valence electrons. The molecule has 11 heteroatoms. The summed E-state index contributed by atoms with van der Waals surface area (Å²) >= 11 is 0. The Morgan fingerprint density at radius 2 is 1.40 bits per heavy atom. The van der Waals surface area contributed by atoms with Gasteiger partial charge < -0.3 is 15.6 Å². The Hall–Kier alpha value is -0.564. The van der Waals surface area contributed by atoms with Crippen molar-refractivity contribution < 1.29 is 94.4 Å². The molecule has 0 saturated carbocycles. The van der Waals surface area contributed by atoms with Crippen LogP contribution in [0, 0.1) is 5.92 Å². The topological polar surface area (TPSA) is 133 Å². The van der Waals surface area contributed by atoms with Crippen LogP contribution in [0.2, 0.25) is 0 Å². The van der Waals surface area contributed by atoms with Gasteiger partial charge in [0, 0.05) is 11.1 Å². The molecule has 0 aromatic heterocycles. The molecule has 0 aromatic carbocycles. The van der Waals surface area contributed by atoms with E-state index in [1.54, 1.807) is 0 Å². The van der Waals surface area contributed by atoms with Crippen molar-refractivity contribution in [3.8, 4) is 0 Å². The van der Waals surface area contributed by atoms with E-state index in [9.17, 15) is 22.8 Å². The molecular formula is C14H21KO9S. The van der Waals surface area contributed by atoms with Crippen LogP contribution in [-0.2, 0) is 38.7 Å². The Bertz CT molecular complexity index is 600. The third kappa shape index (κ3) is 13.3. The molecule has 0 spiro atoms. The molecule has 0 saturated heterocycles. The first-order valence-corrected chi connectivity index (χ1v) is 8.32. The molecule has 1 N–H and O–H groups in total. The van der Waals surface area contributed by atoms with Crippen molar-refractivity contribution in [2.75, 3.05) is 25.6 Å². The van der Waals surface area contributed by atoms with Gasteiger partial charge in [0.1, 0.15) is 31.5 Å². The quantitative estimate of drug-likeness (QED) is 0.137. The van der Waals surface area contributed by atoms with Crippen molar-refractivity contribution in [2.24, 2.45) is 5.92 Å². The van der Waals surface area contributed by atoms with E-state index < -0.39 is 59.5 Å². The molecule has 0 aliphatic heterocycles. The second-order valence-corrected chi connectivity index (χ2v) is 6.48. The average Bonchev–Trinajstić information content (AvgIpc) is 2.44. The molecule has 0 aromatic rings. The molecule has 9 nitrogen and oxygen atoms in total. The van der Waals surface area contributed by atoms with Crippen molar-refractivity contribution in [3.63, 3.8) is 0 Å². The van der Waals surface area contributed by atoms with Gasteiger partial charge in [-0.2, -0.15) is 8.42 Å². The maximum absolute atomic E-state index is 11.9. The molecule has 0 aliphatic rings. The van der Waals surface area contributed by atoms with E-state index in [1.165, 1.54) is 13.8 Å². The van der Waals surface area contributed by atoms with Gasteiger partial charge in [0.15, 0.2) is 0 Å². The van der Waals surface area contributed by atoms with Crippen LogP contribution in [0.4, 0.5) is 0 Å². The fraction of sp³-hybridized carbons (Fsp3) is 0.500. The van der Waals surface area contributed by atoms with Crippen molar-refractivity contribution in [1.82, 2.24) is 0 Å². The summed E-state index contributed by atoms with van der Waals surface area (Å²) in [5.74, 6) is -4.42. The van der Waals surface area contributed by atoms with E-state index in [0.29, 0.717) is 0 Å². The number of hydrogen-bond donors (Lipinski definition) is 1. The summed E-state index contributed by atoms with van der Waals surface area (Å²) in [5, 5.41) is 0. The number of esters is 3. The van der Waals surface area contributed by atoms with Crippen molar-refractivity contribution in [3.05, 3.63) is 24.3 Å². The van der Waals surface area contributed by atoms with Gasteiger partial charge in [0.2, 0.25) is 0 Å². The van der Waals surface area contributed by atoms with Gasteiger partial charge >= 0.3 is 69.3 Å². The second-order valence-electron chi connectivity index (χ2n) is 4.91. The first-order chi connectivity index (χ1) is 10.9. The molecule has 0 atom stereocenters. The first-order valence-electron chi connectivity index (χ1n) is 6.71. The zero-order chi connectivity index (χ0) is 18.9. The number of carbonyl (C=O) groups is 3. The number of carbonyl (C=O) groups excluding carboxylic acids is 3. The maximum atomic E-state index is 11.9. The minimum absolute atomic E-state index is 0. The molecule has 0 heterocycles. The average molecular weight is 404 g/mol. The normalized spacial score (nSPS) is 10.4. The van der Waals surface area contributed by atoms with Crippen LogP contribution in [0.25, 0.3) is 0 Å². The fourth-order valence-corrected chi connectivity index (χ4v) is 1.44. The SMILES string of the molecule is C=C(C)C(=O)OCC(COC(=O)C(=C)C)C(=O)OCCS(=O)(=O)O.[H-].[K+]. The van der Waals surface area contributed by atoms with Crippen LogP contribution in [-0.4, -0.2) is 56.5 Å². The summed E-state index contributed by atoms with van der Waals surface area (Å²) in [6.45, 7) is 8.03. The Morgan fingerprint density at radius 3 is 1.72 bits per heavy atom. The number of rotatable bonds is 10. The van der Waals surface area contributed by atoms with Gasteiger partial charge in [-0.15, -0.1) is 0 Å². The van der Waals surface area contributed by atoms with Crippen LogP contribution in [0.3, 0.4) is 0 Å². The van der Waals surface area contributed by atoms with Gasteiger partial charge in [-0.1, -0.05) is 13.2 Å². The largest absolute Gasteiger partial charge is 1.00 e. The number of hydrogen-bond acceptors (Lipinski definition) is 8. The first kappa shape index (κ1) is 26.7. The third-order valence-corrected chi connectivity index (χ3v) is 3.13. The molecule has 25 heavy (non-hydrogen) atoms. The predicted molar refractivity (Wildman–Crippen MR) is 83.5 cm³/mol. The molecule has 0 rings (SSSR count). The minimum atomic E-state index is -4.29. The predicted octanol–water partition coefficient (Wildman–Crippen LogP) is -2.61. The van der Waals surface area contributed by atoms with Crippen molar-refractivity contribution in [1.29, 1.82) is 0 Å². The monoisotopic (exact) mass is 404 g/mol. The summed E-state index contributed by atoms with van der Waals surface area (Å²) in [5.41, 5.74) is 0.208. The Balaban J connectivity index is -0.00000264. The summed E-state index contributed by atoms with van der Waals surface area (Å²) in [6.07, 6.45) is 0. The Labute approximate surface area is 190 Å². The van der Waals surface area contributed by atoms with Gasteiger partial charge in [-0.25, -0.2) is 9.59 Å². The van der Waals surface area contributed by atoms with Gasteiger partial charge in [-0.05, 0) is 13.8 Å². The molecule has 0 fully saturated rings. The molecular weight excluding hydrogens is 383 g/mol. The molecule has 0 aliphatic carbocycles.